The molecule has 1 atom stereocenters. The summed E-state index contributed by atoms with van der Waals surface area (Å²) >= 11 is 4.08. The molecule has 1 aromatic carbocycles. The van der Waals surface area contributed by atoms with Crippen LogP contribution in [0.1, 0.15) is 31.9 Å². The molecule has 0 radical (unpaired) electrons. The van der Waals surface area contributed by atoms with Gasteiger partial charge in [-0.05, 0) is 29.0 Å². The van der Waals surface area contributed by atoms with Gasteiger partial charge in [-0.2, -0.15) is 12.6 Å². The zero-order chi connectivity index (χ0) is 15.2. The number of thiol groups is 1. The molecule has 0 aliphatic carbocycles. The van der Waals surface area contributed by atoms with Crippen LogP contribution >= 0.6 is 12.6 Å². The highest BCUT2D eigenvalue weighted by molar-refractivity contribution is 7.80. The second kappa shape index (κ2) is 7.25. The Balaban J connectivity index is 2.71. The maximum absolute atomic E-state index is 11.3. The van der Waals surface area contributed by atoms with Crippen molar-refractivity contribution in [2.75, 3.05) is 12.9 Å². The highest BCUT2D eigenvalue weighted by Crippen LogP contribution is 2.21. The molecular formula is C16H21NO2S. The first-order chi connectivity index (χ1) is 9.38. The van der Waals surface area contributed by atoms with Crippen molar-refractivity contribution >= 4 is 18.6 Å². The third-order valence-electron chi connectivity index (χ3n) is 2.87. The van der Waals surface area contributed by atoms with Crippen molar-refractivity contribution < 1.29 is 9.53 Å². The molecule has 20 heavy (non-hydrogen) atoms. The average Bonchev–Trinajstić information content (AvgIpc) is 2.42. The summed E-state index contributed by atoms with van der Waals surface area (Å²) in [5.41, 5.74) is 2.29. The van der Waals surface area contributed by atoms with E-state index in [0.29, 0.717) is 5.75 Å². The summed E-state index contributed by atoms with van der Waals surface area (Å²) in [7, 11) is 1.35. The van der Waals surface area contributed by atoms with Crippen LogP contribution in [-0.2, 0) is 14.9 Å². The standard InChI is InChI=1S/C16H21NO2S/c1-16(2,3)13-7-5-12(6-8-13)9-10-17-14(11-20)15(18)19-4/h5-8,14,17,20H,11H2,1-4H3/t14-/m0/s1. The van der Waals surface area contributed by atoms with Crippen LogP contribution in [0.5, 0.6) is 0 Å². The van der Waals surface area contributed by atoms with Gasteiger partial charge in [-0.3, -0.25) is 0 Å². The minimum absolute atomic E-state index is 0.131. The molecule has 0 aromatic heterocycles. The summed E-state index contributed by atoms with van der Waals surface area (Å²) in [4.78, 5) is 11.3. The van der Waals surface area contributed by atoms with Gasteiger partial charge in [0.05, 0.1) is 7.11 Å². The monoisotopic (exact) mass is 291 g/mol. The first-order valence-electron chi connectivity index (χ1n) is 6.44. The quantitative estimate of drug-likeness (QED) is 0.389. The molecule has 0 unspecified atom stereocenters. The number of benzene rings is 1. The molecule has 1 rings (SSSR count). The Morgan fingerprint density at radius 1 is 1.35 bits per heavy atom. The molecule has 108 valence electrons. The van der Waals surface area contributed by atoms with E-state index >= 15 is 0 Å². The van der Waals surface area contributed by atoms with Gasteiger partial charge >= 0.3 is 5.97 Å². The van der Waals surface area contributed by atoms with E-state index in [1.54, 1.807) is 0 Å². The number of nitrogens with one attached hydrogen (secondary N) is 1. The highest BCUT2D eigenvalue weighted by atomic mass is 32.1. The van der Waals surface area contributed by atoms with Crippen LogP contribution in [0.4, 0.5) is 0 Å². The van der Waals surface area contributed by atoms with Gasteiger partial charge in [-0.15, -0.1) is 0 Å². The predicted molar refractivity (Wildman–Crippen MR) is 84.8 cm³/mol. The molecule has 0 saturated carbocycles. The van der Waals surface area contributed by atoms with Crippen LogP contribution in [0.3, 0.4) is 0 Å². The number of esters is 1. The third-order valence-corrected chi connectivity index (χ3v) is 3.24. The van der Waals surface area contributed by atoms with Crippen LogP contribution in [0.25, 0.3) is 0 Å². The summed E-state index contributed by atoms with van der Waals surface area (Å²) in [5.74, 6) is 2.94. The number of hydrogen-bond donors (Lipinski definition) is 2. The van der Waals surface area contributed by atoms with Crippen molar-refractivity contribution in [3.63, 3.8) is 0 Å². The Labute approximate surface area is 126 Å². The van der Waals surface area contributed by atoms with Gasteiger partial charge in [-0.25, -0.2) is 4.79 Å². The molecule has 0 amide bonds. The second-order valence-corrected chi connectivity index (χ2v) is 5.85. The number of rotatable bonds is 3. The molecule has 0 bridgehead atoms. The molecule has 1 aromatic rings. The Morgan fingerprint density at radius 2 is 1.95 bits per heavy atom. The number of ether oxygens (including phenoxy) is 1. The van der Waals surface area contributed by atoms with Crippen LogP contribution in [-0.4, -0.2) is 24.9 Å². The first kappa shape index (κ1) is 16.5. The summed E-state index contributed by atoms with van der Waals surface area (Å²) in [6.07, 6.45) is 0. The van der Waals surface area contributed by atoms with Gasteiger partial charge in [0, 0.05) is 17.4 Å². The SMILES string of the molecule is COC(=O)[C@H](CS)NC#Cc1ccc(C(C)(C)C)cc1. The summed E-state index contributed by atoms with van der Waals surface area (Å²) < 4.78 is 4.64. The maximum Gasteiger partial charge on any atom is 0.329 e. The van der Waals surface area contributed by atoms with E-state index in [2.05, 4.69) is 67.6 Å². The number of carbonyl (C=O) groups excluding carboxylic acids is 1. The molecule has 0 spiro atoms. The number of methoxy groups -OCH3 is 1. The van der Waals surface area contributed by atoms with Crippen LogP contribution < -0.4 is 5.32 Å². The zero-order valence-corrected chi connectivity index (χ0v) is 13.3. The number of carbonyl (C=O) groups is 1. The Morgan fingerprint density at radius 3 is 2.40 bits per heavy atom. The fraction of sp³-hybridized carbons (Fsp3) is 0.438. The normalized spacial score (nSPS) is 12.1. The van der Waals surface area contributed by atoms with Gasteiger partial charge in [0.1, 0.15) is 6.04 Å². The molecule has 0 fully saturated rings. The summed E-state index contributed by atoms with van der Waals surface area (Å²) in [5, 5.41) is 2.80. The smallest absolute Gasteiger partial charge is 0.329 e. The van der Waals surface area contributed by atoms with E-state index in [1.807, 2.05) is 12.1 Å². The van der Waals surface area contributed by atoms with Gasteiger partial charge in [0.15, 0.2) is 0 Å². The fourth-order valence-corrected chi connectivity index (χ4v) is 1.81. The van der Waals surface area contributed by atoms with Crippen molar-refractivity contribution in [3.05, 3.63) is 35.4 Å². The van der Waals surface area contributed by atoms with E-state index in [1.165, 1.54) is 12.7 Å². The fourth-order valence-electron chi connectivity index (χ4n) is 1.57. The van der Waals surface area contributed by atoms with E-state index in [0.717, 1.165) is 5.56 Å². The maximum atomic E-state index is 11.3. The first-order valence-corrected chi connectivity index (χ1v) is 7.07. The van der Waals surface area contributed by atoms with E-state index in [4.69, 9.17) is 0 Å². The molecule has 0 aliphatic heterocycles. The molecular weight excluding hydrogens is 270 g/mol. The Hall–Kier alpha value is -1.60. The molecule has 1 N–H and O–H groups in total. The molecule has 3 nitrogen and oxygen atoms in total. The molecule has 0 aliphatic rings. The molecule has 0 heterocycles. The third kappa shape index (κ3) is 4.82. The summed E-state index contributed by atoms with van der Waals surface area (Å²) in [6, 6.07) is 10.4. The lowest BCUT2D eigenvalue weighted by Crippen LogP contribution is -2.36. The average molecular weight is 291 g/mol. The van der Waals surface area contributed by atoms with Crippen molar-refractivity contribution in [2.24, 2.45) is 0 Å². The Kier molecular flexibility index (Phi) is 5.97. The highest BCUT2D eigenvalue weighted by Gasteiger charge is 2.15. The topological polar surface area (TPSA) is 38.3 Å². The number of hydrogen-bond acceptors (Lipinski definition) is 4. The van der Waals surface area contributed by atoms with E-state index in [-0.39, 0.29) is 11.4 Å². The Bertz CT molecular complexity index is 506. The molecule has 0 saturated heterocycles. The van der Waals surface area contributed by atoms with Crippen molar-refractivity contribution in [3.8, 4) is 12.0 Å². The predicted octanol–water partition coefficient (Wildman–Crippen LogP) is 2.35. The molecule has 4 heteroatoms. The van der Waals surface area contributed by atoms with Crippen molar-refractivity contribution in [1.29, 1.82) is 0 Å². The van der Waals surface area contributed by atoms with Crippen LogP contribution in [0, 0.1) is 12.0 Å². The lowest BCUT2D eigenvalue weighted by Gasteiger charge is -2.18. The van der Waals surface area contributed by atoms with Gasteiger partial charge in [-0.1, -0.05) is 32.9 Å². The van der Waals surface area contributed by atoms with Crippen molar-refractivity contribution in [2.45, 2.75) is 32.2 Å². The van der Waals surface area contributed by atoms with Gasteiger partial charge in [0.25, 0.3) is 0 Å². The van der Waals surface area contributed by atoms with Crippen molar-refractivity contribution in [1.82, 2.24) is 5.32 Å². The van der Waals surface area contributed by atoms with E-state index in [9.17, 15) is 4.79 Å². The van der Waals surface area contributed by atoms with Crippen LogP contribution in [0.15, 0.2) is 24.3 Å². The van der Waals surface area contributed by atoms with Crippen LogP contribution in [0.2, 0.25) is 0 Å². The largest absolute Gasteiger partial charge is 0.467 e. The van der Waals surface area contributed by atoms with Gasteiger partial charge in [0.2, 0.25) is 0 Å². The van der Waals surface area contributed by atoms with Gasteiger partial charge < -0.3 is 10.1 Å². The second-order valence-electron chi connectivity index (χ2n) is 5.48. The summed E-state index contributed by atoms with van der Waals surface area (Å²) in [6.45, 7) is 6.51. The van der Waals surface area contributed by atoms with E-state index < -0.39 is 6.04 Å². The lowest BCUT2D eigenvalue weighted by atomic mass is 9.87. The minimum Gasteiger partial charge on any atom is -0.467 e. The minimum atomic E-state index is -0.510. The zero-order valence-electron chi connectivity index (χ0n) is 12.4. The lowest BCUT2D eigenvalue weighted by molar-refractivity contribution is -0.142.